The molecule has 0 aliphatic carbocycles. The number of nitrogens with zero attached hydrogens (tertiary/aromatic N) is 2. The molecule has 2 rings (SSSR count). The Morgan fingerprint density at radius 1 is 0.923 bits per heavy atom. The first-order valence-corrected chi connectivity index (χ1v) is 3.82. The van der Waals surface area contributed by atoms with E-state index >= 15 is 0 Å². The highest BCUT2D eigenvalue weighted by atomic mass is 35.5. The van der Waals surface area contributed by atoms with Gasteiger partial charge in [0.05, 0.1) is 0 Å². The van der Waals surface area contributed by atoms with Crippen molar-refractivity contribution in [1.82, 2.24) is 10.3 Å². The molecule has 1 aromatic carbocycles. The van der Waals surface area contributed by atoms with Crippen molar-refractivity contribution in [3.8, 4) is 0 Å². The van der Waals surface area contributed by atoms with Gasteiger partial charge in [-0.25, -0.2) is 13.4 Å². The summed E-state index contributed by atoms with van der Waals surface area (Å²) in [6.45, 7) is 0. The summed E-state index contributed by atoms with van der Waals surface area (Å²) in [5.41, 5.74) is -0.184. The number of hydrogen-bond acceptors (Lipinski definition) is 3. The Morgan fingerprint density at radius 3 is 1.69 bits per heavy atom. The first-order valence-electron chi connectivity index (χ1n) is 3.07. The second-order valence-corrected chi connectivity index (χ2v) is 2.97. The molecule has 0 amide bonds. The molecule has 2 aromatic rings. The molecule has 0 fully saturated rings. The van der Waals surface area contributed by atoms with E-state index in [1.807, 2.05) is 0 Å². The number of hydrogen-bond donors (Lipinski definition) is 0. The fourth-order valence-corrected chi connectivity index (χ4v) is 1.29. The van der Waals surface area contributed by atoms with Crippen LogP contribution in [0.2, 0.25) is 10.0 Å². The maximum absolute atomic E-state index is 12.9. The lowest BCUT2D eigenvalue weighted by Crippen LogP contribution is -1.89. The van der Waals surface area contributed by atoms with E-state index in [1.165, 1.54) is 0 Å². The topological polar surface area (TPSA) is 38.9 Å². The maximum Gasteiger partial charge on any atom is 0.181 e. The lowest BCUT2D eigenvalue weighted by molar-refractivity contribution is 0.315. The summed E-state index contributed by atoms with van der Waals surface area (Å²) >= 11 is 10.8. The lowest BCUT2D eigenvalue weighted by atomic mass is 10.3. The summed E-state index contributed by atoms with van der Waals surface area (Å²) in [5, 5.41) is 5.57. The minimum atomic E-state index is -1.25. The number of fused-ring (bicyclic) bond motifs is 1. The Bertz CT molecular complexity index is 443. The van der Waals surface area contributed by atoms with Gasteiger partial charge in [0.1, 0.15) is 10.0 Å². The van der Waals surface area contributed by atoms with Gasteiger partial charge in [-0.1, -0.05) is 23.2 Å². The predicted molar refractivity (Wildman–Crippen MR) is 41.7 cm³/mol. The molecule has 1 heterocycles. The molecule has 68 valence electrons. The summed E-state index contributed by atoms with van der Waals surface area (Å²) in [6.07, 6.45) is 0. The molecule has 0 aliphatic rings. The van der Waals surface area contributed by atoms with Crippen molar-refractivity contribution < 1.29 is 13.4 Å². The summed E-state index contributed by atoms with van der Waals surface area (Å²) in [6, 6.07) is 0. The van der Waals surface area contributed by atoms with Crippen molar-refractivity contribution in [3.63, 3.8) is 0 Å². The average molecular weight is 225 g/mol. The number of halogens is 4. The van der Waals surface area contributed by atoms with E-state index in [1.54, 1.807) is 0 Å². The molecule has 0 saturated heterocycles. The molecule has 3 nitrogen and oxygen atoms in total. The molecule has 0 radical (unpaired) electrons. The Hall–Kier alpha value is -0.940. The van der Waals surface area contributed by atoms with Gasteiger partial charge in [0.15, 0.2) is 22.7 Å². The molecule has 0 aliphatic heterocycles. The van der Waals surface area contributed by atoms with Gasteiger partial charge >= 0.3 is 0 Å². The monoisotopic (exact) mass is 224 g/mol. The van der Waals surface area contributed by atoms with Crippen LogP contribution in [0.15, 0.2) is 4.63 Å². The van der Waals surface area contributed by atoms with Crippen molar-refractivity contribution in [3.05, 3.63) is 21.7 Å². The zero-order valence-electron chi connectivity index (χ0n) is 5.81. The smallest absolute Gasteiger partial charge is 0.181 e. The van der Waals surface area contributed by atoms with Gasteiger partial charge in [-0.3, -0.25) is 0 Å². The van der Waals surface area contributed by atoms with Gasteiger partial charge in [-0.2, -0.15) is 0 Å². The van der Waals surface area contributed by atoms with Crippen molar-refractivity contribution in [2.45, 2.75) is 0 Å². The molecule has 0 N–H and O–H groups in total. The fourth-order valence-electron chi connectivity index (χ4n) is 0.877. The second-order valence-electron chi connectivity index (χ2n) is 2.22. The van der Waals surface area contributed by atoms with Crippen LogP contribution in [0.1, 0.15) is 0 Å². The van der Waals surface area contributed by atoms with E-state index in [9.17, 15) is 8.78 Å². The zero-order valence-corrected chi connectivity index (χ0v) is 7.33. The highest BCUT2D eigenvalue weighted by molar-refractivity contribution is 6.39. The Kier molecular flexibility index (Phi) is 1.85. The van der Waals surface area contributed by atoms with Crippen molar-refractivity contribution in [2.75, 3.05) is 0 Å². The molecule has 13 heavy (non-hydrogen) atoms. The van der Waals surface area contributed by atoms with E-state index in [0.717, 1.165) is 0 Å². The first-order chi connectivity index (χ1) is 6.13. The molecule has 0 bridgehead atoms. The third-order valence-corrected chi connectivity index (χ3v) is 2.17. The Balaban J connectivity index is 3.02. The molecule has 7 heteroatoms. The third-order valence-electron chi connectivity index (χ3n) is 1.48. The summed E-state index contributed by atoms with van der Waals surface area (Å²) in [5.74, 6) is -2.51. The molecular weight excluding hydrogens is 225 g/mol. The highest BCUT2D eigenvalue weighted by Crippen LogP contribution is 2.32. The number of rotatable bonds is 0. The van der Waals surface area contributed by atoms with Gasteiger partial charge in [0.25, 0.3) is 0 Å². The van der Waals surface area contributed by atoms with Crippen molar-refractivity contribution in [2.24, 2.45) is 0 Å². The van der Waals surface area contributed by atoms with Crippen molar-refractivity contribution in [1.29, 1.82) is 0 Å². The quantitative estimate of drug-likeness (QED) is 0.511. The summed E-state index contributed by atoms with van der Waals surface area (Å²) < 4.78 is 30.0. The Labute approximate surface area is 80.2 Å². The van der Waals surface area contributed by atoms with E-state index in [2.05, 4.69) is 14.9 Å². The molecule has 0 unspecified atom stereocenters. The number of aromatic nitrogens is 2. The van der Waals surface area contributed by atoms with Crippen molar-refractivity contribution >= 4 is 34.2 Å². The highest BCUT2D eigenvalue weighted by Gasteiger charge is 2.21. The second kappa shape index (κ2) is 2.78. The van der Waals surface area contributed by atoms with Gasteiger partial charge in [0, 0.05) is 0 Å². The molecule has 0 saturated carbocycles. The van der Waals surface area contributed by atoms with Crippen LogP contribution in [-0.2, 0) is 0 Å². The van der Waals surface area contributed by atoms with Crippen LogP contribution >= 0.6 is 23.2 Å². The van der Waals surface area contributed by atoms with Gasteiger partial charge < -0.3 is 0 Å². The zero-order chi connectivity index (χ0) is 9.59. The van der Waals surface area contributed by atoms with Crippen LogP contribution in [0, 0.1) is 11.6 Å². The average Bonchev–Trinajstić information content (AvgIpc) is 2.59. The largest absolute Gasteiger partial charge is 0.243 e. The van der Waals surface area contributed by atoms with E-state index < -0.39 is 21.7 Å². The van der Waals surface area contributed by atoms with Crippen LogP contribution < -0.4 is 0 Å². The maximum atomic E-state index is 12.9. The minimum Gasteiger partial charge on any atom is -0.243 e. The number of benzene rings is 1. The molecular formula is C6Cl2F2N2O. The summed E-state index contributed by atoms with van der Waals surface area (Å²) in [7, 11) is 0. The van der Waals surface area contributed by atoms with Gasteiger partial charge in [0.2, 0.25) is 0 Å². The van der Waals surface area contributed by atoms with Crippen LogP contribution in [-0.4, -0.2) is 10.3 Å². The lowest BCUT2D eigenvalue weighted by Gasteiger charge is -1.97. The normalized spacial score (nSPS) is 11.1. The van der Waals surface area contributed by atoms with Crippen LogP contribution in [0.3, 0.4) is 0 Å². The SMILES string of the molecule is Fc1c(F)c(Cl)c2nonc2c1Cl. The molecule has 0 spiro atoms. The first kappa shape index (κ1) is 8.65. The van der Waals surface area contributed by atoms with Crippen LogP contribution in [0.4, 0.5) is 8.78 Å². The van der Waals surface area contributed by atoms with Crippen LogP contribution in [0.25, 0.3) is 11.0 Å². The van der Waals surface area contributed by atoms with E-state index in [4.69, 9.17) is 23.2 Å². The molecule has 0 atom stereocenters. The van der Waals surface area contributed by atoms with E-state index in [0.29, 0.717) is 0 Å². The van der Waals surface area contributed by atoms with Crippen LogP contribution in [0.5, 0.6) is 0 Å². The fraction of sp³-hybridized carbons (Fsp3) is 0. The minimum absolute atomic E-state index is 0.0921. The van der Waals surface area contributed by atoms with Gasteiger partial charge in [-0.05, 0) is 10.3 Å². The standard InChI is InChI=1S/C6Cl2F2N2O/c7-1-3(9)4(10)2(8)6-5(1)11-13-12-6. The summed E-state index contributed by atoms with van der Waals surface area (Å²) in [4.78, 5) is 0. The Morgan fingerprint density at radius 2 is 1.31 bits per heavy atom. The third kappa shape index (κ3) is 1.08. The predicted octanol–water partition coefficient (Wildman–Crippen LogP) is 2.81. The van der Waals surface area contributed by atoms with E-state index in [-0.39, 0.29) is 11.0 Å². The van der Waals surface area contributed by atoms with Gasteiger partial charge in [-0.15, -0.1) is 0 Å². The molecule has 1 aromatic heterocycles.